The molecule has 0 saturated heterocycles. The van der Waals surface area contributed by atoms with Crippen LogP contribution in [0.25, 0.3) is 10.8 Å². The van der Waals surface area contributed by atoms with Gasteiger partial charge in [-0.1, -0.05) is 99.4 Å². The van der Waals surface area contributed by atoms with E-state index in [2.05, 4.69) is 55.2 Å². The molecule has 0 spiro atoms. The largest absolute Gasteiger partial charge is 0.205 e. The molecule has 0 radical (unpaired) electrons. The van der Waals surface area contributed by atoms with Crippen molar-refractivity contribution in [3.63, 3.8) is 0 Å². The number of aryl methyl sites for hydroxylation is 1. The Kier molecular flexibility index (Phi) is 9.80. The van der Waals surface area contributed by atoms with E-state index >= 15 is 4.39 Å². The molecular weight excluding hydrogens is 439 g/mol. The molecule has 1 heteroatoms. The Labute approximate surface area is 218 Å². The Morgan fingerprint density at radius 1 is 0.889 bits per heavy atom. The molecule has 3 aromatic carbocycles. The molecule has 1 saturated carbocycles. The van der Waals surface area contributed by atoms with E-state index < -0.39 is 0 Å². The SMILES string of the molecule is C/C=C/CCc1ccc(C#Cc2ccc3cc(C4CCC(CCCCCC)CC4)ccc3c2F)cc1. The van der Waals surface area contributed by atoms with Crippen molar-refractivity contribution in [1.82, 2.24) is 0 Å². The summed E-state index contributed by atoms with van der Waals surface area (Å²) in [6.45, 7) is 4.33. The van der Waals surface area contributed by atoms with E-state index in [0.717, 1.165) is 29.7 Å². The Morgan fingerprint density at radius 3 is 2.44 bits per heavy atom. The summed E-state index contributed by atoms with van der Waals surface area (Å²) in [5, 5.41) is 1.66. The van der Waals surface area contributed by atoms with Gasteiger partial charge in [0.05, 0.1) is 5.56 Å². The smallest absolute Gasteiger partial charge is 0.146 e. The van der Waals surface area contributed by atoms with Gasteiger partial charge in [-0.25, -0.2) is 4.39 Å². The van der Waals surface area contributed by atoms with Crippen LogP contribution in [-0.2, 0) is 6.42 Å². The van der Waals surface area contributed by atoms with E-state index in [1.165, 1.54) is 68.9 Å². The molecule has 0 aromatic heterocycles. The monoisotopic (exact) mass is 480 g/mol. The van der Waals surface area contributed by atoms with Crippen molar-refractivity contribution in [2.45, 2.75) is 90.4 Å². The molecule has 1 fully saturated rings. The normalized spacial score (nSPS) is 17.9. The third kappa shape index (κ3) is 7.10. The van der Waals surface area contributed by atoms with Gasteiger partial charge < -0.3 is 0 Å². The van der Waals surface area contributed by atoms with Crippen molar-refractivity contribution in [2.75, 3.05) is 0 Å². The predicted molar refractivity (Wildman–Crippen MR) is 153 cm³/mol. The number of halogens is 1. The van der Waals surface area contributed by atoms with Crippen molar-refractivity contribution in [1.29, 1.82) is 0 Å². The van der Waals surface area contributed by atoms with Crippen LogP contribution in [0.2, 0.25) is 0 Å². The fourth-order valence-electron chi connectivity index (χ4n) is 5.62. The van der Waals surface area contributed by atoms with Crippen molar-refractivity contribution >= 4 is 10.8 Å². The quantitative estimate of drug-likeness (QED) is 0.162. The molecule has 0 bridgehead atoms. The maximum absolute atomic E-state index is 15.3. The van der Waals surface area contributed by atoms with Crippen LogP contribution in [0, 0.1) is 23.6 Å². The summed E-state index contributed by atoms with van der Waals surface area (Å²) in [5.74, 6) is 7.53. The van der Waals surface area contributed by atoms with Gasteiger partial charge in [0.15, 0.2) is 0 Å². The summed E-state index contributed by atoms with van der Waals surface area (Å²) in [5.41, 5.74) is 4.06. The molecule has 0 heterocycles. The fraction of sp³-hybridized carbons (Fsp3) is 0.429. The standard InChI is InChI=1S/C35H41F/c1-3-5-7-9-11-28-16-19-30(20-17-28)32-24-25-34-33(26-32)23-22-31(35(34)36)21-18-29-14-12-27(13-15-29)10-8-6-4-2/h4,6,12-15,22-26,28,30H,3,5,7-11,16-17,19-20H2,1-2H3/b6-4+. The maximum atomic E-state index is 15.3. The number of benzene rings is 3. The highest BCUT2D eigenvalue weighted by molar-refractivity contribution is 5.85. The lowest BCUT2D eigenvalue weighted by atomic mass is 9.76. The van der Waals surface area contributed by atoms with E-state index in [4.69, 9.17) is 0 Å². The zero-order valence-electron chi connectivity index (χ0n) is 22.2. The third-order valence-corrected chi connectivity index (χ3v) is 7.89. The van der Waals surface area contributed by atoms with Crippen molar-refractivity contribution in [2.24, 2.45) is 5.92 Å². The van der Waals surface area contributed by atoms with Gasteiger partial charge in [-0.15, -0.1) is 0 Å². The van der Waals surface area contributed by atoms with E-state index in [1.807, 2.05) is 37.3 Å². The molecule has 0 amide bonds. The summed E-state index contributed by atoms with van der Waals surface area (Å²) < 4.78 is 15.3. The Morgan fingerprint density at radius 2 is 1.69 bits per heavy atom. The summed E-state index contributed by atoms with van der Waals surface area (Å²) >= 11 is 0. The van der Waals surface area contributed by atoms with Crippen molar-refractivity contribution in [3.8, 4) is 11.8 Å². The van der Waals surface area contributed by atoms with Gasteiger partial charge in [0.25, 0.3) is 0 Å². The lowest BCUT2D eigenvalue weighted by molar-refractivity contribution is 0.302. The highest BCUT2D eigenvalue weighted by atomic mass is 19.1. The fourth-order valence-corrected chi connectivity index (χ4v) is 5.62. The average Bonchev–Trinajstić information content (AvgIpc) is 2.92. The molecule has 3 aromatic rings. The van der Waals surface area contributed by atoms with E-state index in [-0.39, 0.29) is 5.82 Å². The van der Waals surface area contributed by atoms with Gasteiger partial charge in [0.2, 0.25) is 0 Å². The Bertz CT molecular complexity index is 1200. The molecule has 0 atom stereocenters. The zero-order chi connectivity index (χ0) is 25.2. The molecule has 188 valence electrons. The summed E-state index contributed by atoms with van der Waals surface area (Å²) in [6, 6.07) is 18.5. The molecule has 1 aliphatic carbocycles. The van der Waals surface area contributed by atoms with Gasteiger partial charge in [0.1, 0.15) is 5.82 Å². The lowest BCUT2D eigenvalue weighted by Crippen LogP contribution is -2.13. The maximum Gasteiger partial charge on any atom is 0.146 e. The van der Waals surface area contributed by atoms with E-state index in [1.54, 1.807) is 0 Å². The Balaban J connectivity index is 1.39. The number of hydrogen-bond donors (Lipinski definition) is 0. The predicted octanol–water partition coefficient (Wildman–Crippen LogP) is 10.1. The molecule has 0 nitrogen and oxygen atoms in total. The molecule has 1 aliphatic rings. The van der Waals surface area contributed by atoms with Crippen LogP contribution in [-0.4, -0.2) is 0 Å². The summed E-state index contributed by atoms with van der Waals surface area (Å²) in [6.07, 6.45) is 18.4. The number of fused-ring (bicyclic) bond motifs is 1. The number of hydrogen-bond acceptors (Lipinski definition) is 0. The first-order valence-electron chi connectivity index (χ1n) is 14.1. The van der Waals surface area contributed by atoms with Crippen LogP contribution in [0.5, 0.6) is 0 Å². The van der Waals surface area contributed by atoms with Crippen molar-refractivity contribution in [3.05, 3.63) is 94.8 Å². The van der Waals surface area contributed by atoms with Crippen LogP contribution in [0.4, 0.5) is 4.39 Å². The molecule has 0 aliphatic heterocycles. The van der Waals surface area contributed by atoms with Crippen LogP contribution >= 0.6 is 0 Å². The second kappa shape index (κ2) is 13.5. The molecule has 36 heavy (non-hydrogen) atoms. The number of unbranched alkanes of at least 4 members (excludes halogenated alkanes) is 3. The highest BCUT2D eigenvalue weighted by Gasteiger charge is 2.22. The second-order valence-electron chi connectivity index (χ2n) is 10.5. The average molecular weight is 481 g/mol. The lowest BCUT2D eigenvalue weighted by Gasteiger charge is -2.29. The minimum Gasteiger partial charge on any atom is -0.205 e. The van der Waals surface area contributed by atoms with Gasteiger partial charge in [-0.05, 0) is 92.0 Å². The van der Waals surface area contributed by atoms with Crippen molar-refractivity contribution < 1.29 is 4.39 Å². The highest BCUT2D eigenvalue weighted by Crippen LogP contribution is 2.39. The molecule has 0 N–H and O–H groups in total. The minimum absolute atomic E-state index is 0.203. The molecular formula is C35H41F. The Hall–Kier alpha value is -2.85. The first kappa shape index (κ1) is 26.2. The summed E-state index contributed by atoms with van der Waals surface area (Å²) in [7, 11) is 0. The summed E-state index contributed by atoms with van der Waals surface area (Å²) in [4.78, 5) is 0. The molecule has 0 unspecified atom stereocenters. The van der Waals surface area contributed by atoms with Gasteiger partial charge >= 0.3 is 0 Å². The molecule has 4 rings (SSSR count). The minimum atomic E-state index is -0.203. The first-order chi connectivity index (χ1) is 17.7. The van der Waals surface area contributed by atoms with Gasteiger partial charge in [-0.2, -0.15) is 0 Å². The van der Waals surface area contributed by atoms with E-state index in [9.17, 15) is 0 Å². The zero-order valence-corrected chi connectivity index (χ0v) is 22.2. The van der Waals surface area contributed by atoms with Crippen LogP contribution in [0.1, 0.15) is 106 Å². The topological polar surface area (TPSA) is 0 Å². The first-order valence-corrected chi connectivity index (χ1v) is 14.1. The number of rotatable bonds is 9. The van der Waals surface area contributed by atoms with Crippen LogP contribution in [0.3, 0.4) is 0 Å². The van der Waals surface area contributed by atoms with E-state index in [0.29, 0.717) is 16.9 Å². The number of allylic oxidation sites excluding steroid dienone is 2. The van der Waals surface area contributed by atoms with Gasteiger partial charge in [-0.3, -0.25) is 0 Å². The van der Waals surface area contributed by atoms with Crippen LogP contribution < -0.4 is 0 Å². The van der Waals surface area contributed by atoms with Gasteiger partial charge in [0, 0.05) is 10.9 Å². The second-order valence-corrected chi connectivity index (χ2v) is 10.5. The third-order valence-electron chi connectivity index (χ3n) is 7.89. The van der Waals surface area contributed by atoms with Crippen LogP contribution in [0.15, 0.2) is 66.7 Å².